The van der Waals surface area contributed by atoms with Gasteiger partial charge in [0.05, 0.1) is 32.9 Å². The first-order valence-electron chi connectivity index (χ1n) is 6.82. The van der Waals surface area contributed by atoms with Gasteiger partial charge in [-0.1, -0.05) is 40.9 Å². The lowest BCUT2D eigenvalue weighted by molar-refractivity contribution is -0.116. The van der Waals surface area contributed by atoms with E-state index in [4.69, 9.17) is 34.8 Å². The summed E-state index contributed by atoms with van der Waals surface area (Å²) in [6.07, 6.45) is 0.157. The molecule has 0 spiro atoms. The molecule has 0 radical (unpaired) electrons. The Morgan fingerprint density at radius 3 is 2.52 bits per heavy atom. The highest BCUT2D eigenvalue weighted by Crippen LogP contribution is 2.29. The lowest BCUT2D eigenvalue weighted by Crippen LogP contribution is -2.35. The van der Waals surface area contributed by atoms with Crippen LogP contribution in [0, 0.1) is 6.92 Å². The second-order valence-corrected chi connectivity index (χ2v) is 6.35. The quantitative estimate of drug-likeness (QED) is 0.817. The number of amidine groups is 1. The van der Waals surface area contributed by atoms with E-state index in [0.29, 0.717) is 32.3 Å². The number of anilines is 1. The highest BCUT2D eigenvalue weighted by atomic mass is 35.5. The summed E-state index contributed by atoms with van der Waals surface area (Å²) in [4.78, 5) is 16.6. The molecule has 0 unspecified atom stereocenters. The normalized spacial score (nSPS) is 16.1. The summed E-state index contributed by atoms with van der Waals surface area (Å²) in [6, 6.07) is 10.5. The summed E-state index contributed by atoms with van der Waals surface area (Å²) in [5.41, 5.74) is 5.24. The Hall–Kier alpha value is -1.75. The van der Waals surface area contributed by atoms with Gasteiger partial charge in [0.25, 0.3) is 5.91 Å². The SMILES string of the molecule is Cc1ccc(Cl)c(N=C2CC(=O)N(c3ccc(Cl)c(Cl)c3)N2)c1. The molecule has 3 rings (SSSR count). The molecule has 23 heavy (non-hydrogen) atoms. The second kappa shape index (κ2) is 6.40. The lowest BCUT2D eigenvalue weighted by Gasteiger charge is -2.16. The smallest absolute Gasteiger partial charge is 0.253 e. The molecular weight excluding hydrogens is 357 g/mol. The monoisotopic (exact) mass is 367 g/mol. The van der Waals surface area contributed by atoms with Crippen LogP contribution in [0.5, 0.6) is 0 Å². The molecule has 118 valence electrons. The fourth-order valence-electron chi connectivity index (χ4n) is 2.20. The van der Waals surface area contributed by atoms with Gasteiger partial charge in [-0.3, -0.25) is 10.2 Å². The standard InChI is InChI=1S/C16H12Cl3N3O/c1-9-2-4-12(18)14(6-9)20-15-8-16(23)22(21-15)10-3-5-11(17)13(19)7-10/h2-7H,8H2,1H3,(H,20,21). The first-order valence-corrected chi connectivity index (χ1v) is 7.96. The van der Waals surface area contributed by atoms with Gasteiger partial charge in [-0.05, 0) is 42.8 Å². The molecule has 0 saturated carbocycles. The number of halogens is 3. The number of carbonyl (C=O) groups is 1. The third kappa shape index (κ3) is 3.44. The van der Waals surface area contributed by atoms with Crippen LogP contribution in [0.25, 0.3) is 0 Å². The van der Waals surface area contributed by atoms with Crippen molar-refractivity contribution in [2.24, 2.45) is 4.99 Å². The zero-order valence-corrected chi connectivity index (χ0v) is 14.4. The van der Waals surface area contributed by atoms with Crippen molar-refractivity contribution in [3.8, 4) is 0 Å². The maximum absolute atomic E-state index is 12.2. The summed E-state index contributed by atoms with van der Waals surface area (Å²) in [7, 11) is 0. The van der Waals surface area contributed by atoms with E-state index >= 15 is 0 Å². The molecule has 1 saturated heterocycles. The number of hydrogen-bond donors (Lipinski definition) is 1. The number of hydrogen-bond acceptors (Lipinski definition) is 2. The van der Waals surface area contributed by atoms with Crippen molar-refractivity contribution in [3.63, 3.8) is 0 Å². The van der Waals surface area contributed by atoms with E-state index < -0.39 is 0 Å². The van der Waals surface area contributed by atoms with Crippen LogP contribution in [0.2, 0.25) is 15.1 Å². The number of benzene rings is 2. The maximum Gasteiger partial charge on any atom is 0.253 e. The number of rotatable bonds is 2. The number of hydrazine groups is 1. The van der Waals surface area contributed by atoms with E-state index in [9.17, 15) is 4.79 Å². The minimum absolute atomic E-state index is 0.133. The van der Waals surface area contributed by atoms with Crippen molar-refractivity contribution >= 4 is 57.9 Å². The van der Waals surface area contributed by atoms with Gasteiger partial charge in [0, 0.05) is 0 Å². The summed E-state index contributed by atoms with van der Waals surface area (Å²) < 4.78 is 0. The number of aryl methyl sites for hydroxylation is 1. The minimum atomic E-state index is -0.133. The fraction of sp³-hybridized carbons (Fsp3) is 0.125. The zero-order valence-electron chi connectivity index (χ0n) is 12.1. The van der Waals surface area contributed by atoms with Crippen molar-refractivity contribution in [1.29, 1.82) is 0 Å². The third-order valence-corrected chi connectivity index (χ3v) is 4.39. The first-order chi connectivity index (χ1) is 10.9. The molecular formula is C16H12Cl3N3O. The average Bonchev–Trinajstić information content (AvgIpc) is 2.86. The molecule has 1 amide bonds. The van der Waals surface area contributed by atoms with E-state index in [1.807, 2.05) is 19.1 Å². The van der Waals surface area contributed by atoms with E-state index in [1.165, 1.54) is 5.01 Å². The Morgan fingerprint density at radius 2 is 1.78 bits per heavy atom. The van der Waals surface area contributed by atoms with Gasteiger partial charge in [-0.15, -0.1) is 0 Å². The van der Waals surface area contributed by atoms with Crippen molar-refractivity contribution in [2.75, 3.05) is 5.01 Å². The van der Waals surface area contributed by atoms with E-state index in [2.05, 4.69) is 10.4 Å². The minimum Gasteiger partial charge on any atom is -0.278 e. The average molecular weight is 369 g/mol. The number of amides is 1. The fourth-order valence-corrected chi connectivity index (χ4v) is 2.66. The molecule has 2 aromatic rings. The van der Waals surface area contributed by atoms with Gasteiger partial charge in [0.15, 0.2) is 0 Å². The highest BCUT2D eigenvalue weighted by Gasteiger charge is 2.27. The van der Waals surface area contributed by atoms with Crippen LogP contribution >= 0.6 is 34.8 Å². The summed E-state index contributed by atoms with van der Waals surface area (Å²) in [5, 5.41) is 2.74. The molecule has 0 atom stereocenters. The molecule has 1 N–H and O–H groups in total. The van der Waals surface area contributed by atoms with Gasteiger partial charge in [0.1, 0.15) is 5.84 Å². The second-order valence-electron chi connectivity index (χ2n) is 5.13. The molecule has 2 aromatic carbocycles. The predicted octanol–water partition coefficient (Wildman–Crippen LogP) is 4.93. The van der Waals surface area contributed by atoms with Gasteiger partial charge in [0.2, 0.25) is 0 Å². The molecule has 4 nitrogen and oxygen atoms in total. The lowest BCUT2D eigenvalue weighted by atomic mass is 10.2. The number of nitrogens with zero attached hydrogens (tertiary/aromatic N) is 2. The predicted molar refractivity (Wildman–Crippen MR) is 95.0 cm³/mol. The maximum atomic E-state index is 12.2. The van der Waals surface area contributed by atoms with Gasteiger partial charge in [-0.25, -0.2) is 10.0 Å². The molecule has 0 bridgehead atoms. The van der Waals surface area contributed by atoms with E-state index in [-0.39, 0.29) is 12.3 Å². The number of aliphatic imine (C=N–C) groups is 1. The molecule has 1 aliphatic rings. The molecule has 0 aliphatic carbocycles. The van der Waals surface area contributed by atoms with Gasteiger partial charge < -0.3 is 0 Å². The Balaban J connectivity index is 1.88. The topological polar surface area (TPSA) is 44.7 Å². The summed E-state index contributed by atoms with van der Waals surface area (Å²) in [5.74, 6) is 0.388. The molecule has 1 heterocycles. The molecule has 1 fully saturated rings. The van der Waals surface area contributed by atoms with Crippen LogP contribution in [0.3, 0.4) is 0 Å². The molecule has 7 heteroatoms. The van der Waals surface area contributed by atoms with Crippen LogP contribution in [0.4, 0.5) is 11.4 Å². The first kappa shape index (κ1) is 16.1. The Labute approximate surface area is 148 Å². The van der Waals surface area contributed by atoms with Gasteiger partial charge in [-0.2, -0.15) is 0 Å². The Kier molecular flexibility index (Phi) is 4.48. The van der Waals surface area contributed by atoms with E-state index in [1.54, 1.807) is 24.3 Å². The van der Waals surface area contributed by atoms with Crippen molar-refractivity contribution < 1.29 is 4.79 Å². The van der Waals surface area contributed by atoms with Crippen LogP contribution in [-0.2, 0) is 4.79 Å². The Bertz CT molecular complexity index is 820. The zero-order chi connectivity index (χ0) is 16.6. The van der Waals surface area contributed by atoms with Gasteiger partial charge >= 0.3 is 0 Å². The Morgan fingerprint density at radius 1 is 1.04 bits per heavy atom. The van der Waals surface area contributed by atoms with Crippen molar-refractivity contribution in [3.05, 3.63) is 57.0 Å². The van der Waals surface area contributed by atoms with Crippen molar-refractivity contribution in [1.82, 2.24) is 5.43 Å². The van der Waals surface area contributed by atoms with Crippen LogP contribution in [0.15, 0.2) is 41.4 Å². The van der Waals surface area contributed by atoms with Crippen molar-refractivity contribution in [2.45, 2.75) is 13.3 Å². The summed E-state index contributed by atoms with van der Waals surface area (Å²) >= 11 is 18.0. The number of carbonyl (C=O) groups excluding carboxylic acids is 1. The number of nitrogens with one attached hydrogen (secondary N) is 1. The van der Waals surface area contributed by atoms with Crippen LogP contribution in [-0.4, -0.2) is 11.7 Å². The van der Waals surface area contributed by atoms with E-state index in [0.717, 1.165) is 5.56 Å². The molecule has 0 aromatic heterocycles. The van der Waals surface area contributed by atoms with Crippen LogP contribution < -0.4 is 10.4 Å². The third-order valence-electron chi connectivity index (χ3n) is 3.33. The molecule has 1 aliphatic heterocycles. The van der Waals surface area contributed by atoms with Crippen LogP contribution in [0.1, 0.15) is 12.0 Å². The highest BCUT2D eigenvalue weighted by molar-refractivity contribution is 6.42. The summed E-state index contributed by atoms with van der Waals surface area (Å²) in [6.45, 7) is 1.95. The largest absolute Gasteiger partial charge is 0.278 e.